The number of carbonyl (C=O) groups is 1. The summed E-state index contributed by atoms with van der Waals surface area (Å²) in [5, 5.41) is 12.1. The maximum Gasteiger partial charge on any atom is 0.255 e. The number of amides is 1. The Kier molecular flexibility index (Phi) is 4.74. The summed E-state index contributed by atoms with van der Waals surface area (Å²) in [5.41, 5.74) is 0.0836. The van der Waals surface area contributed by atoms with Crippen LogP contribution in [0.15, 0.2) is 18.2 Å². The average Bonchev–Trinajstić information content (AvgIpc) is 3.17. The van der Waals surface area contributed by atoms with E-state index in [-0.39, 0.29) is 11.3 Å². The molecule has 1 aliphatic rings. The lowest BCUT2D eigenvalue weighted by Gasteiger charge is -2.07. The Hall–Kier alpha value is -1.62. The van der Waals surface area contributed by atoms with E-state index in [1.165, 1.54) is 18.9 Å². The topological polar surface area (TPSA) is 58.6 Å². The number of hydrogen-bond acceptors (Lipinski definition) is 3. The van der Waals surface area contributed by atoms with Gasteiger partial charge in [-0.05, 0) is 37.3 Å². The van der Waals surface area contributed by atoms with Gasteiger partial charge in [0, 0.05) is 25.8 Å². The first-order chi connectivity index (χ1) is 9.16. The highest BCUT2D eigenvalue weighted by molar-refractivity contribution is 5.96. The Morgan fingerprint density at radius 2 is 2.26 bits per heavy atom. The van der Waals surface area contributed by atoms with E-state index in [0.717, 1.165) is 31.1 Å². The number of phenols is 1. The highest BCUT2D eigenvalue weighted by Gasteiger charge is 2.20. The molecule has 104 valence electrons. The minimum Gasteiger partial charge on any atom is -0.507 e. The van der Waals surface area contributed by atoms with Crippen LogP contribution in [0.1, 0.15) is 29.6 Å². The molecule has 0 heterocycles. The minimum absolute atomic E-state index is 0.0836. The molecular weight excluding hydrogens is 249 g/mol. The summed E-state index contributed by atoms with van der Waals surface area (Å²) >= 11 is 0. The normalized spacial score (nSPS) is 14.4. The van der Waals surface area contributed by atoms with Crippen molar-refractivity contribution in [1.29, 1.82) is 0 Å². The van der Waals surface area contributed by atoms with Gasteiger partial charge >= 0.3 is 0 Å². The molecule has 0 atom stereocenters. The first-order valence-electron chi connectivity index (χ1n) is 6.51. The fourth-order valence-electron chi connectivity index (χ4n) is 1.70. The molecule has 1 saturated carbocycles. The number of aromatic hydroxyl groups is 1. The van der Waals surface area contributed by atoms with Crippen molar-refractivity contribution in [3.8, 4) is 5.75 Å². The highest BCUT2D eigenvalue weighted by Crippen LogP contribution is 2.28. The Morgan fingerprint density at radius 1 is 1.47 bits per heavy atom. The molecule has 1 aliphatic carbocycles. The molecule has 1 aromatic carbocycles. The van der Waals surface area contributed by atoms with Crippen molar-refractivity contribution in [3.05, 3.63) is 29.6 Å². The summed E-state index contributed by atoms with van der Waals surface area (Å²) in [5.74, 6) is -0.574. The van der Waals surface area contributed by atoms with E-state index >= 15 is 0 Å². The van der Waals surface area contributed by atoms with E-state index < -0.39 is 11.7 Å². The molecule has 19 heavy (non-hydrogen) atoms. The van der Waals surface area contributed by atoms with Gasteiger partial charge in [0.05, 0.1) is 5.56 Å². The summed E-state index contributed by atoms with van der Waals surface area (Å²) in [6, 6.07) is 3.34. The predicted octanol–water partition coefficient (Wildman–Crippen LogP) is 2.08. The fraction of sp³-hybridized carbons (Fsp3) is 0.500. The molecule has 0 radical (unpaired) electrons. The summed E-state index contributed by atoms with van der Waals surface area (Å²) in [7, 11) is 0. The van der Waals surface area contributed by atoms with Crippen molar-refractivity contribution in [1.82, 2.24) is 5.32 Å². The van der Waals surface area contributed by atoms with Crippen LogP contribution in [-0.2, 0) is 4.74 Å². The second-order valence-electron chi connectivity index (χ2n) is 4.79. The van der Waals surface area contributed by atoms with Gasteiger partial charge in [-0.1, -0.05) is 0 Å². The quantitative estimate of drug-likeness (QED) is 0.744. The molecule has 2 N–H and O–H groups in total. The van der Waals surface area contributed by atoms with Crippen molar-refractivity contribution >= 4 is 5.91 Å². The lowest BCUT2D eigenvalue weighted by molar-refractivity contribution is 0.0935. The lowest BCUT2D eigenvalue weighted by Crippen LogP contribution is -2.25. The second-order valence-corrected chi connectivity index (χ2v) is 4.79. The van der Waals surface area contributed by atoms with Crippen LogP contribution in [0, 0.1) is 11.7 Å². The molecule has 2 rings (SSSR count). The summed E-state index contributed by atoms with van der Waals surface area (Å²) in [4.78, 5) is 11.7. The van der Waals surface area contributed by atoms with Gasteiger partial charge in [0.25, 0.3) is 5.91 Å². The number of halogens is 1. The Morgan fingerprint density at radius 3 is 2.95 bits per heavy atom. The number of rotatable bonds is 7. The third-order valence-corrected chi connectivity index (χ3v) is 3.01. The van der Waals surface area contributed by atoms with Crippen LogP contribution in [0.2, 0.25) is 0 Å². The van der Waals surface area contributed by atoms with Gasteiger partial charge in [0.15, 0.2) is 0 Å². The maximum absolute atomic E-state index is 12.8. The second kappa shape index (κ2) is 6.52. The molecule has 0 aromatic heterocycles. The zero-order valence-corrected chi connectivity index (χ0v) is 10.7. The number of nitrogens with one attached hydrogen (secondary N) is 1. The average molecular weight is 267 g/mol. The van der Waals surface area contributed by atoms with Crippen molar-refractivity contribution < 1.29 is 19.0 Å². The number of hydrogen-bond donors (Lipinski definition) is 2. The van der Waals surface area contributed by atoms with E-state index in [9.17, 15) is 14.3 Å². The standard InChI is InChI=1S/C14H18FNO3/c15-11-4-5-12(13(17)8-11)14(18)16-6-1-7-19-9-10-2-3-10/h4-5,8,10,17H,1-3,6-7,9H2,(H,16,18). The van der Waals surface area contributed by atoms with Gasteiger partial charge in [0.1, 0.15) is 11.6 Å². The van der Waals surface area contributed by atoms with Crippen molar-refractivity contribution in [3.63, 3.8) is 0 Å². The molecule has 0 bridgehead atoms. The van der Waals surface area contributed by atoms with Crippen LogP contribution in [0.3, 0.4) is 0 Å². The van der Waals surface area contributed by atoms with Crippen LogP contribution in [0.25, 0.3) is 0 Å². The van der Waals surface area contributed by atoms with Crippen LogP contribution < -0.4 is 5.32 Å². The Balaban J connectivity index is 1.65. The minimum atomic E-state index is -0.567. The molecule has 0 unspecified atom stereocenters. The van der Waals surface area contributed by atoms with E-state index in [1.807, 2.05) is 0 Å². The number of benzene rings is 1. The van der Waals surface area contributed by atoms with Gasteiger partial charge in [-0.3, -0.25) is 4.79 Å². The fourth-order valence-corrected chi connectivity index (χ4v) is 1.70. The Labute approximate surface area is 111 Å². The molecule has 0 saturated heterocycles. The smallest absolute Gasteiger partial charge is 0.255 e. The summed E-state index contributed by atoms with van der Waals surface area (Å²) < 4.78 is 18.2. The third kappa shape index (κ3) is 4.52. The number of carbonyl (C=O) groups excluding carboxylic acids is 1. The van der Waals surface area contributed by atoms with Crippen molar-refractivity contribution in [2.75, 3.05) is 19.8 Å². The maximum atomic E-state index is 12.8. The number of phenolic OH excluding ortho intramolecular Hbond substituents is 1. The van der Waals surface area contributed by atoms with Crippen molar-refractivity contribution in [2.45, 2.75) is 19.3 Å². The molecule has 4 nitrogen and oxygen atoms in total. The first kappa shape index (κ1) is 13.8. The van der Waals surface area contributed by atoms with Gasteiger partial charge < -0.3 is 15.2 Å². The van der Waals surface area contributed by atoms with Crippen LogP contribution in [0.5, 0.6) is 5.75 Å². The summed E-state index contributed by atoms with van der Waals surface area (Å²) in [6.07, 6.45) is 3.25. The molecule has 1 aromatic rings. The van der Waals surface area contributed by atoms with Crippen LogP contribution in [-0.4, -0.2) is 30.8 Å². The predicted molar refractivity (Wildman–Crippen MR) is 68.6 cm³/mol. The molecule has 1 amide bonds. The third-order valence-electron chi connectivity index (χ3n) is 3.01. The highest BCUT2D eigenvalue weighted by atomic mass is 19.1. The van der Waals surface area contributed by atoms with Gasteiger partial charge in [0.2, 0.25) is 0 Å². The van der Waals surface area contributed by atoms with Crippen molar-refractivity contribution in [2.24, 2.45) is 5.92 Å². The largest absolute Gasteiger partial charge is 0.507 e. The SMILES string of the molecule is O=C(NCCCOCC1CC1)c1ccc(F)cc1O. The van der Waals surface area contributed by atoms with E-state index in [4.69, 9.17) is 4.74 Å². The zero-order chi connectivity index (χ0) is 13.7. The Bertz CT molecular complexity index is 446. The molecule has 0 aliphatic heterocycles. The van der Waals surface area contributed by atoms with Gasteiger partial charge in [-0.25, -0.2) is 4.39 Å². The van der Waals surface area contributed by atoms with E-state index in [1.54, 1.807) is 0 Å². The lowest BCUT2D eigenvalue weighted by atomic mass is 10.2. The van der Waals surface area contributed by atoms with Gasteiger partial charge in [-0.2, -0.15) is 0 Å². The van der Waals surface area contributed by atoms with E-state index in [2.05, 4.69) is 5.32 Å². The molecular formula is C14H18FNO3. The molecule has 5 heteroatoms. The van der Waals surface area contributed by atoms with Crippen LogP contribution in [0.4, 0.5) is 4.39 Å². The monoisotopic (exact) mass is 267 g/mol. The number of ether oxygens (including phenoxy) is 1. The summed E-state index contributed by atoms with van der Waals surface area (Å²) in [6.45, 7) is 1.90. The van der Waals surface area contributed by atoms with Crippen LogP contribution >= 0.6 is 0 Å². The van der Waals surface area contributed by atoms with Gasteiger partial charge in [-0.15, -0.1) is 0 Å². The first-order valence-corrected chi connectivity index (χ1v) is 6.51. The molecule has 0 spiro atoms. The van der Waals surface area contributed by atoms with E-state index in [0.29, 0.717) is 13.2 Å². The zero-order valence-electron chi connectivity index (χ0n) is 10.7. The molecule has 1 fully saturated rings.